The van der Waals surface area contributed by atoms with E-state index >= 15 is 0 Å². The highest BCUT2D eigenvalue weighted by atomic mass is 16.3. The highest BCUT2D eigenvalue weighted by molar-refractivity contribution is 4.63. The van der Waals surface area contributed by atoms with Gasteiger partial charge in [-0.25, -0.2) is 0 Å². The van der Waals surface area contributed by atoms with Crippen LogP contribution < -0.4 is 0 Å². The third kappa shape index (κ3) is 2.85. The van der Waals surface area contributed by atoms with Gasteiger partial charge in [-0.2, -0.15) is 0 Å². The highest BCUT2D eigenvalue weighted by Crippen LogP contribution is 2.18. The van der Waals surface area contributed by atoms with Crippen molar-refractivity contribution in [2.75, 3.05) is 6.61 Å². The van der Waals surface area contributed by atoms with Crippen molar-refractivity contribution < 1.29 is 5.11 Å². The van der Waals surface area contributed by atoms with Crippen molar-refractivity contribution in [3.8, 4) is 0 Å². The second-order valence-corrected chi connectivity index (χ2v) is 3.26. The molecule has 0 amide bonds. The number of aliphatic hydroxyl groups is 1. The van der Waals surface area contributed by atoms with Gasteiger partial charge in [0.15, 0.2) is 0 Å². The standard InChI is InChI=1S/C8H18O/c1-6(2)8(4)7(3)5-9/h6-9H,5H2,1-4H3/t7-,8-/m1/s1. The third-order valence-corrected chi connectivity index (χ3v) is 2.24. The molecule has 56 valence electrons. The van der Waals surface area contributed by atoms with Crippen molar-refractivity contribution in [1.82, 2.24) is 0 Å². The topological polar surface area (TPSA) is 20.2 Å². The predicted octanol–water partition coefficient (Wildman–Crippen LogP) is 1.91. The first-order valence-corrected chi connectivity index (χ1v) is 3.70. The zero-order valence-corrected chi connectivity index (χ0v) is 6.89. The Morgan fingerprint density at radius 1 is 1.11 bits per heavy atom. The lowest BCUT2D eigenvalue weighted by molar-refractivity contribution is 0.170. The van der Waals surface area contributed by atoms with Crippen molar-refractivity contribution in [2.24, 2.45) is 17.8 Å². The number of aliphatic hydroxyl groups excluding tert-OH is 1. The van der Waals surface area contributed by atoms with Gasteiger partial charge in [-0.05, 0) is 17.8 Å². The van der Waals surface area contributed by atoms with Crippen LogP contribution in [0.1, 0.15) is 27.7 Å². The molecule has 0 saturated heterocycles. The summed E-state index contributed by atoms with van der Waals surface area (Å²) in [6.45, 7) is 8.98. The van der Waals surface area contributed by atoms with Gasteiger partial charge in [0, 0.05) is 6.61 Å². The minimum atomic E-state index is 0.319. The second kappa shape index (κ2) is 3.89. The number of hydrogen-bond donors (Lipinski definition) is 1. The zero-order valence-electron chi connectivity index (χ0n) is 6.89. The molecular formula is C8H18O. The fourth-order valence-corrected chi connectivity index (χ4v) is 0.823. The van der Waals surface area contributed by atoms with Gasteiger partial charge in [0.2, 0.25) is 0 Å². The summed E-state index contributed by atoms with van der Waals surface area (Å²) in [6.07, 6.45) is 0. The fraction of sp³-hybridized carbons (Fsp3) is 1.00. The quantitative estimate of drug-likeness (QED) is 0.618. The maximum atomic E-state index is 8.75. The molecule has 0 aromatic rings. The summed E-state index contributed by atoms with van der Waals surface area (Å²) in [5, 5.41) is 8.75. The van der Waals surface area contributed by atoms with Gasteiger partial charge in [-0.15, -0.1) is 0 Å². The van der Waals surface area contributed by atoms with Crippen LogP contribution in [0.4, 0.5) is 0 Å². The Balaban J connectivity index is 3.58. The molecule has 9 heavy (non-hydrogen) atoms. The molecule has 2 atom stereocenters. The van der Waals surface area contributed by atoms with Gasteiger partial charge < -0.3 is 5.11 Å². The molecule has 0 aliphatic rings. The van der Waals surface area contributed by atoms with Crippen LogP contribution in [-0.4, -0.2) is 11.7 Å². The Labute approximate surface area is 58.1 Å². The van der Waals surface area contributed by atoms with Gasteiger partial charge in [0.25, 0.3) is 0 Å². The molecule has 0 aliphatic carbocycles. The van der Waals surface area contributed by atoms with E-state index in [2.05, 4.69) is 27.7 Å². The summed E-state index contributed by atoms with van der Waals surface area (Å²) in [5.74, 6) is 1.77. The van der Waals surface area contributed by atoms with E-state index in [-0.39, 0.29) is 0 Å². The van der Waals surface area contributed by atoms with E-state index in [1.165, 1.54) is 0 Å². The molecule has 0 radical (unpaired) electrons. The average molecular weight is 130 g/mol. The number of rotatable bonds is 3. The first-order valence-electron chi connectivity index (χ1n) is 3.70. The fourth-order valence-electron chi connectivity index (χ4n) is 0.823. The van der Waals surface area contributed by atoms with Gasteiger partial charge in [0.1, 0.15) is 0 Å². The van der Waals surface area contributed by atoms with Crippen molar-refractivity contribution in [3.63, 3.8) is 0 Å². The van der Waals surface area contributed by atoms with Crippen LogP contribution in [0.25, 0.3) is 0 Å². The molecule has 0 unspecified atom stereocenters. The summed E-state index contributed by atoms with van der Waals surface area (Å²) in [5.41, 5.74) is 0. The van der Waals surface area contributed by atoms with Crippen molar-refractivity contribution in [2.45, 2.75) is 27.7 Å². The Bertz CT molecular complexity index is 69.0. The summed E-state index contributed by atoms with van der Waals surface area (Å²) in [4.78, 5) is 0. The predicted molar refractivity (Wildman–Crippen MR) is 40.3 cm³/mol. The molecule has 1 heteroatoms. The molecule has 1 N–H and O–H groups in total. The molecule has 0 fully saturated rings. The summed E-state index contributed by atoms with van der Waals surface area (Å²) >= 11 is 0. The Kier molecular flexibility index (Phi) is 3.87. The molecular weight excluding hydrogens is 112 g/mol. The van der Waals surface area contributed by atoms with E-state index < -0.39 is 0 Å². The molecule has 0 spiro atoms. The van der Waals surface area contributed by atoms with E-state index in [1.807, 2.05) is 0 Å². The molecule has 0 aromatic heterocycles. The molecule has 0 aromatic carbocycles. The molecule has 0 bridgehead atoms. The van der Waals surface area contributed by atoms with Crippen LogP contribution in [0.15, 0.2) is 0 Å². The number of hydrogen-bond acceptors (Lipinski definition) is 1. The lowest BCUT2D eigenvalue weighted by Crippen LogP contribution is -2.17. The summed E-state index contributed by atoms with van der Waals surface area (Å²) < 4.78 is 0. The van der Waals surface area contributed by atoms with E-state index in [0.717, 1.165) is 0 Å². The van der Waals surface area contributed by atoms with Crippen molar-refractivity contribution in [3.05, 3.63) is 0 Å². The zero-order chi connectivity index (χ0) is 7.44. The minimum absolute atomic E-state index is 0.319. The van der Waals surface area contributed by atoms with Crippen LogP contribution in [0, 0.1) is 17.8 Å². The molecule has 0 saturated carbocycles. The maximum absolute atomic E-state index is 8.75. The maximum Gasteiger partial charge on any atom is 0.0459 e. The molecule has 1 nitrogen and oxygen atoms in total. The SMILES string of the molecule is CC(C)[C@@H](C)[C@H](C)CO. The van der Waals surface area contributed by atoms with Crippen LogP contribution in [-0.2, 0) is 0 Å². The van der Waals surface area contributed by atoms with Crippen molar-refractivity contribution in [1.29, 1.82) is 0 Å². The normalized spacial score (nSPS) is 18.0. The largest absolute Gasteiger partial charge is 0.396 e. The molecule has 0 aliphatic heterocycles. The summed E-state index contributed by atoms with van der Waals surface area (Å²) in [6, 6.07) is 0. The first-order chi connectivity index (χ1) is 4.09. The smallest absolute Gasteiger partial charge is 0.0459 e. The highest BCUT2D eigenvalue weighted by Gasteiger charge is 2.13. The Hall–Kier alpha value is -0.0400. The van der Waals surface area contributed by atoms with E-state index in [0.29, 0.717) is 24.4 Å². The van der Waals surface area contributed by atoms with Gasteiger partial charge >= 0.3 is 0 Å². The third-order valence-electron chi connectivity index (χ3n) is 2.24. The van der Waals surface area contributed by atoms with E-state index in [1.54, 1.807) is 0 Å². The lowest BCUT2D eigenvalue weighted by Gasteiger charge is -2.20. The molecule has 0 rings (SSSR count). The van der Waals surface area contributed by atoms with Crippen molar-refractivity contribution >= 4 is 0 Å². The van der Waals surface area contributed by atoms with Gasteiger partial charge in [0.05, 0.1) is 0 Å². The van der Waals surface area contributed by atoms with Crippen LogP contribution >= 0.6 is 0 Å². The lowest BCUT2D eigenvalue weighted by atomic mass is 9.87. The van der Waals surface area contributed by atoms with Crippen LogP contribution in [0.5, 0.6) is 0 Å². The second-order valence-electron chi connectivity index (χ2n) is 3.26. The first kappa shape index (κ1) is 8.96. The average Bonchev–Trinajstić information content (AvgIpc) is 1.84. The van der Waals surface area contributed by atoms with Gasteiger partial charge in [-0.1, -0.05) is 27.7 Å². The minimum Gasteiger partial charge on any atom is -0.396 e. The van der Waals surface area contributed by atoms with E-state index in [9.17, 15) is 0 Å². The summed E-state index contributed by atoms with van der Waals surface area (Å²) in [7, 11) is 0. The Morgan fingerprint density at radius 2 is 1.56 bits per heavy atom. The van der Waals surface area contributed by atoms with Crippen LogP contribution in [0.3, 0.4) is 0 Å². The molecule has 0 heterocycles. The van der Waals surface area contributed by atoms with Gasteiger partial charge in [-0.3, -0.25) is 0 Å². The Morgan fingerprint density at radius 3 is 1.67 bits per heavy atom. The van der Waals surface area contributed by atoms with E-state index in [4.69, 9.17) is 5.11 Å². The van der Waals surface area contributed by atoms with Crippen LogP contribution in [0.2, 0.25) is 0 Å². The monoisotopic (exact) mass is 130 g/mol.